The summed E-state index contributed by atoms with van der Waals surface area (Å²) < 4.78 is 2.00. The van der Waals surface area contributed by atoms with E-state index >= 15 is 0 Å². The predicted octanol–water partition coefficient (Wildman–Crippen LogP) is 3.77. The maximum Gasteiger partial charge on any atom is 0.262 e. The molecule has 26 heavy (non-hydrogen) atoms. The lowest BCUT2D eigenvalue weighted by atomic mass is 10.0. The fourth-order valence-electron chi connectivity index (χ4n) is 4.01. The summed E-state index contributed by atoms with van der Waals surface area (Å²) in [6.07, 6.45) is 3.94. The van der Waals surface area contributed by atoms with E-state index in [0.717, 1.165) is 60.4 Å². The van der Waals surface area contributed by atoms with Crippen LogP contribution in [0.15, 0.2) is 4.79 Å². The second-order valence-corrected chi connectivity index (χ2v) is 9.30. The summed E-state index contributed by atoms with van der Waals surface area (Å²) in [5, 5.41) is 0.803. The van der Waals surface area contributed by atoms with Crippen LogP contribution < -0.4 is 5.56 Å². The minimum absolute atomic E-state index is 0.0331. The third-order valence-corrected chi connectivity index (χ3v) is 6.94. The van der Waals surface area contributed by atoms with Crippen molar-refractivity contribution in [1.29, 1.82) is 0 Å². The molecule has 2 aromatic heterocycles. The van der Waals surface area contributed by atoms with Gasteiger partial charge in [-0.05, 0) is 45.1 Å². The van der Waals surface area contributed by atoms with E-state index in [0.29, 0.717) is 5.92 Å². The average Bonchev–Trinajstić information content (AvgIpc) is 3.41. The van der Waals surface area contributed by atoms with Gasteiger partial charge in [0.2, 0.25) is 5.91 Å². The highest BCUT2D eigenvalue weighted by Gasteiger charge is 2.34. The smallest absolute Gasteiger partial charge is 0.262 e. The van der Waals surface area contributed by atoms with Gasteiger partial charge >= 0.3 is 0 Å². The summed E-state index contributed by atoms with van der Waals surface area (Å²) in [7, 11) is 0. The Morgan fingerprint density at radius 2 is 1.81 bits per heavy atom. The van der Waals surface area contributed by atoms with Crippen molar-refractivity contribution < 1.29 is 4.79 Å². The summed E-state index contributed by atoms with van der Waals surface area (Å²) in [5.74, 6) is 1.67. The fourth-order valence-corrected chi connectivity index (χ4v) is 5.04. The molecule has 1 aliphatic heterocycles. The van der Waals surface area contributed by atoms with E-state index in [-0.39, 0.29) is 23.4 Å². The molecule has 140 valence electrons. The van der Waals surface area contributed by atoms with Crippen molar-refractivity contribution in [3.05, 3.63) is 26.6 Å². The first-order chi connectivity index (χ1) is 12.4. The SMILES string of the molecule is Cc1sc2nc(C3CC3)n(C3CCN(C(=O)C(C)C)CC3)c(=O)c2c1C. The molecule has 6 heteroatoms. The van der Waals surface area contributed by atoms with Crippen LogP contribution in [0.1, 0.15) is 67.8 Å². The maximum absolute atomic E-state index is 13.4. The van der Waals surface area contributed by atoms with E-state index in [9.17, 15) is 9.59 Å². The van der Waals surface area contributed by atoms with Gasteiger partial charge in [-0.2, -0.15) is 0 Å². The van der Waals surface area contributed by atoms with Crippen LogP contribution in [0.5, 0.6) is 0 Å². The summed E-state index contributed by atoms with van der Waals surface area (Å²) in [6, 6.07) is 0.158. The lowest BCUT2D eigenvalue weighted by Crippen LogP contribution is -2.43. The number of aryl methyl sites for hydroxylation is 2. The minimum atomic E-state index is 0.0331. The van der Waals surface area contributed by atoms with Crippen molar-refractivity contribution in [2.75, 3.05) is 13.1 Å². The molecule has 5 nitrogen and oxygen atoms in total. The molecule has 4 rings (SSSR count). The Morgan fingerprint density at radius 1 is 1.15 bits per heavy atom. The van der Waals surface area contributed by atoms with E-state index in [1.807, 2.05) is 30.2 Å². The Kier molecular flexibility index (Phi) is 4.41. The minimum Gasteiger partial charge on any atom is -0.342 e. The van der Waals surface area contributed by atoms with Crippen LogP contribution in [0.4, 0.5) is 0 Å². The second kappa shape index (κ2) is 6.48. The number of amides is 1. The lowest BCUT2D eigenvalue weighted by molar-refractivity contribution is -0.135. The number of likely N-dealkylation sites (tertiary alicyclic amines) is 1. The summed E-state index contributed by atoms with van der Waals surface area (Å²) >= 11 is 1.64. The van der Waals surface area contributed by atoms with Crippen molar-refractivity contribution in [3.8, 4) is 0 Å². The molecule has 0 spiro atoms. The zero-order valence-corrected chi connectivity index (χ0v) is 16.9. The Balaban J connectivity index is 1.71. The predicted molar refractivity (Wildman–Crippen MR) is 105 cm³/mol. The number of carbonyl (C=O) groups excluding carboxylic acids is 1. The molecule has 1 amide bonds. The number of hydrogen-bond acceptors (Lipinski definition) is 4. The van der Waals surface area contributed by atoms with Gasteiger partial charge in [-0.3, -0.25) is 14.2 Å². The Hall–Kier alpha value is -1.69. The molecule has 3 heterocycles. The van der Waals surface area contributed by atoms with Crippen molar-refractivity contribution in [2.45, 2.75) is 65.3 Å². The highest BCUT2D eigenvalue weighted by molar-refractivity contribution is 7.18. The molecule has 2 aliphatic rings. The van der Waals surface area contributed by atoms with Crippen LogP contribution in [0.2, 0.25) is 0 Å². The number of carbonyl (C=O) groups is 1. The van der Waals surface area contributed by atoms with Crippen LogP contribution >= 0.6 is 11.3 Å². The molecular formula is C20H27N3O2S. The molecule has 1 saturated carbocycles. The molecule has 2 aromatic rings. The number of nitrogens with zero attached hydrogens (tertiary/aromatic N) is 3. The van der Waals surface area contributed by atoms with Gasteiger partial charge in [0, 0.05) is 35.8 Å². The van der Waals surface area contributed by atoms with E-state index in [1.165, 1.54) is 4.88 Å². The first-order valence-corrected chi connectivity index (χ1v) is 10.5. The Bertz CT molecular complexity index is 915. The van der Waals surface area contributed by atoms with Gasteiger partial charge in [0.05, 0.1) is 5.39 Å². The zero-order valence-electron chi connectivity index (χ0n) is 16.0. The van der Waals surface area contributed by atoms with Crippen molar-refractivity contribution in [3.63, 3.8) is 0 Å². The van der Waals surface area contributed by atoms with Crippen molar-refractivity contribution in [2.24, 2.45) is 5.92 Å². The van der Waals surface area contributed by atoms with Gasteiger partial charge in [0.25, 0.3) is 5.56 Å². The van der Waals surface area contributed by atoms with Crippen LogP contribution in [-0.4, -0.2) is 33.4 Å². The molecule has 0 N–H and O–H groups in total. The third-order valence-electron chi connectivity index (χ3n) is 5.84. The van der Waals surface area contributed by atoms with Crippen LogP contribution in [0, 0.1) is 19.8 Å². The Morgan fingerprint density at radius 3 is 2.38 bits per heavy atom. The van der Waals surface area contributed by atoms with E-state index in [4.69, 9.17) is 4.98 Å². The highest BCUT2D eigenvalue weighted by Crippen LogP contribution is 2.41. The average molecular weight is 374 g/mol. The monoisotopic (exact) mass is 373 g/mol. The van der Waals surface area contributed by atoms with E-state index < -0.39 is 0 Å². The molecule has 2 fully saturated rings. The number of piperidine rings is 1. The second-order valence-electron chi connectivity index (χ2n) is 8.09. The molecule has 0 aromatic carbocycles. The zero-order chi connectivity index (χ0) is 18.6. The number of fused-ring (bicyclic) bond motifs is 1. The van der Waals surface area contributed by atoms with E-state index in [1.54, 1.807) is 11.3 Å². The normalized spacial score (nSPS) is 18.9. The molecule has 0 unspecified atom stereocenters. The van der Waals surface area contributed by atoms with Gasteiger partial charge in [0.1, 0.15) is 10.7 Å². The number of aromatic nitrogens is 2. The van der Waals surface area contributed by atoms with Crippen molar-refractivity contribution >= 4 is 27.5 Å². The fraction of sp³-hybridized carbons (Fsp3) is 0.650. The van der Waals surface area contributed by atoms with Crippen LogP contribution in [0.3, 0.4) is 0 Å². The number of thiophene rings is 1. The van der Waals surface area contributed by atoms with Gasteiger partial charge < -0.3 is 4.90 Å². The van der Waals surface area contributed by atoms with Gasteiger partial charge in [-0.15, -0.1) is 11.3 Å². The molecule has 1 aliphatic carbocycles. The molecule has 0 atom stereocenters. The first kappa shape index (κ1) is 17.7. The van der Waals surface area contributed by atoms with Crippen LogP contribution in [-0.2, 0) is 4.79 Å². The van der Waals surface area contributed by atoms with Gasteiger partial charge in [-0.25, -0.2) is 4.98 Å². The molecule has 1 saturated heterocycles. The quantitative estimate of drug-likeness (QED) is 0.823. The topological polar surface area (TPSA) is 55.2 Å². The third kappa shape index (κ3) is 2.88. The number of rotatable bonds is 3. The summed E-state index contributed by atoms with van der Waals surface area (Å²) in [5.41, 5.74) is 1.21. The summed E-state index contributed by atoms with van der Waals surface area (Å²) in [6.45, 7) is 9.46. The Labute approximate surface area is 158 Å². The van der Waals surface area contributed by atoms with Gasteiger partial charge in [0.15, 0.2) is 0 Å². The first-order valence-electron chi connectivity index (χ1n) is 9.69. The van der Waals surface area contributed by atoms with Crippen LogP contribution in [0.25, 0.3) is 10.2 Å². The summed E-state index contributed by atoms with van der Waals surface area (Å²) in [4.78, 5) is 34.6. The standard InChI is InChI=1S/C20H27N3O2S/c1-11(2)19(24)22-9-7-15(8-10-22)23-17(14-5-6-14)21-18-16(20(23)25)12(3)13(4)26-18/h11,14-15H,5-10H2,1-4H3. The molecule has 0 radical (unpaired) electrons. The molecule has 0 bridgehead atoms. The molecular weight excluding hydrogens is 346 g/mol. The van der Waals surface area contributed by atoms with Crippen molar-refractivity contribution in [1.82, 2.24) is 14.5 Å². The van der Waals surface area contributed by atoms with E-state index in [2.05, 4.69) is 6.92 Å². The maximum atomic E-state index is 13.4. The largest absolute Gasteiger partial charge is 0.342 e. The number of hydrogen-bond donors (Lipinski definition) is 0. The highest BCUT2D eigenvalue weighted by atomic mass is 32.1. The van der Waals surface area contributed by atoms with Gasteiger partial charge in [-0.1, -0.05) is 13.8 Å². The lowest BCUT2D eigenvalue weighted by Gasteiger charge is -2.34.